The highest BCUT2D eigenvalue weighted by Gasteiger charge is 2.38. The van der Waals surface area contributed by atoms with Gasteiger partial charge in [-0.15, -0.1) is 0 Å². The molecule has 0 aromatic heterocycles. The number of phenolic OH excluding ortho intramolecular Hbond substituents is 1. The van der Waals surface area contributed by atoms with E-state index in [0.717, 1.165) is 31.2 Å². The Morgan fingerprint density at radius 2 is 1.57 bits per heavy atom. The molecule has 236 valence electrons. The van der Waals surface area contributed by atoms with Crippen molar-refractivity contribution in [3.8, 4) is 23.0 Å². The van der Waals surface area contributed by atoms with Crippen LogP contribution in [0.25, 0.3) is 0 Å². The van der Waals surface area contributed by atoms with Crippen LogP contribution in [-0.2, 0) is 33.7 Å². The molecule has 4 rings (SSSR count). The lowest BCUT2D eigenvalue weighted by Crippen LogP contribution is -2.33. The summed E-state index contributed by atoms with van der Waals surface area (Å²) in [5.41, 5.74) is 2.26. The van der Waals surface area contributed by atoms with E-state index in [1.165, 1.54) is 26.4 Å². The van der Waals surface area contributed by atoms with Gasteiger partial charge in [0.15, 0.2) is 5.79 Å². The molecule has 9 heteroatoms. The molecule has 44 heavy (non-hydrogen) atoms. The first-order chi connectivity index (χ1) is 21.3. The molecule has 0 spiro atoms. The van der Waals surface area contributed by atoms with E-state index in [1.807, 2.05) is 37.3 Å². The van der Waals surface area contributed by atoms with Crippen LogP contribution in [0.1, 0.15) is 83.4 Å². The number of ether oxygens (including phenoxy) is 6. The van der Waals surface area contributed by atoms with Gasteiger partial charge in [0, 0.05) is 25.0 Å². The molecule has 0 atom stereocenters. The third-order valence-corrected chi connectivity index (χ3v) is 7.57. The number of methoxy groups -OCH3 is 2. The zero-order chi connectivity index (χ0) is 31.5. The number of phenols is 1. The number of carbonyl (C=O) groups excluding carboxylic acids is 2. The molecular weight excluding hydrogens is 564 g/mol. The topological polar surface area (TPSA) is 110 Å². The predicted octanol–water partition coefficient (Wildman–Crippen LogP) is 6.80. The van der Waals surface area contributed by atoms with Crippen molar-refractivity contribution in [3.05, 3.63) is 82.4 Å². The molecule has 0 bridgehead atoms. The van der Waals surface area contributed by atoms with Crippen molar-refractivity contribution in [3.63, 3.8) is 0 Å². The smallest absolute Gasteiger partial charge is 0.347 e. The molecule has 1 heterocycles. The minimum absolute atomic E-state index is 0.0155. The van der Waals surface area contributed by atoms with E-state index >= 15 is 0 Å². The summed E-state index contributed by atoms with van der Waals surface area (Å²) in [6.07, 6.45) is 4.95. The Balaban J connectivity index is 1.66. The summed E-state index contributed by atoms with van der Waals surface area (Å²) in [4.78, 5) is 27.0. The number of esters is 2. The number of benzene rings is 3. The highest BCUT2D eigenvalue weighted by Crippen LogP contribution is 2.37. The molecule has 0 radical (unpaired) electrons. The quantitative estimate of drug-likeness (QED) is 0.113. The fourth-order valence-corrected chi connectivity index (χ4v) is 5.47. The minimum atomic E-state index is -0.917. The number of rotatable bonds is 15. The molecule has 1 aliphatic rings. The van der Waals surface area contributed by atoms with Crippen LogP contribution in [0.2, 0.25) is 0 Å². The Hall–Kier alpha value is -4.08. The van der Waals surface area contributed by atoms with Crippen molar-refractivity contribution in [2.75, 3.05) is 27.4 Å². The lowest BCUT2D eigenvalue weighted by molar-refractivity contribution is -0.161. The van der Waals surface area contributed by atoms with Gasteiger partial charge in [-0.25, -0.2) is 9.59 Å². The highest BCUT2D eigenvalue weighted by atomic mass is 16.7. The Kier molecular flexibility index (Phi) is 11.6. The average Bonchev–Trinajstić information content (AvgIpc) is 3.47. The summed E-state index contributed by atoms with van der Waals surface area (Å²) in [5, 5.41) is 11.0. The van der Waals surface area contributed by atoms with Crippen LogP contribution in [0.15, 0.2) is 54.6 Å². The molecule has 1 N–H and O–H groups in total. The third-order valence-electron chi connectivity index (χ3n) is 7.57. The molecule has 1 saturated heterocycles. The Morgan fingerprint density at radius 3 is 2.23 bits per heavy atom. The first-order valence-corrected chi connectivity index (χ1v) is 15.1. The van der Waals surface area contributed by atoms with E-state index in [9.17, 15) is 14.7 Å². The van der Waals surface area contributed by atoms with Gasteiger partial charge in [-0.3, -0.25) is 0 Å². The summed E-state index contributed by atoms with van der Waals surface area (Å²) < 4.78 is 34.4. The zero-order valence-electron chi connectivity index (χ0n) is 26.0. The number of aromatic hydroxyl groups is 1. The van der Waals surface area contributed by atoms with Crippen molar-refractivity contribution in [2.45, 2.75) is 71.2 Å². The average molecular weight is 607 g/mol. The minimum Gasteiger partial charge on any atom is -0.507 e. The lowest BCUT2D eigenvalue weighted by atomic mass is 9.95. The van der Waals surface area contributed by atoms with Crippen LogP contribution in [0.4, 0.5) is 0 Å². The van der Waals surface area contributed by atoms with Crippen LogP contribution in [0, 0.1) is 0 Å². The molecule has 3 aromatic carbocycles. The van der Waals surface area contributed by atoms with E-state index in [1.54, 1.807) is 12.1 Å². The highest BCUT2D eigenvalue weighted by molar-refractivity contribution is 5.97. The maximum absolute atomic E-state index is 13.7. The molecule has 0 unspecified atom stereocenters. The zero-order valence-corrected chi connectivity index (χ0v) is 26.0. The second-order valence-corrected chi connectivity index (χ2v) is 10.8. The summed E-state index contributed by atoms with van der Waals surface area (Å²) >= 11 is 0. The number of aryl methyl sites for hydroxylation is 1. The molecule has 1 fully saturated rings. The first kappa shape index (κ1) is 32.8. The fourth-order valence-electron chi connectivity index (χ4n) is 5.47. The van der Waals surface area contributed by atoms with E-state index < -0.39 is 17.7 Å². The molecule has 3 aromatic rings. The van der Waals surface area contributed by atoms with Crippen LogP contribution in [0.5, 0.6) is 23.0 Å². The van der Waals surface area contributed by atoms with Gasteiger partial charge < -0.3 is 33.5 Å². The fraction of sp³-hybridized carbons (Fsp3) is 0.429. The van der Waals surface area contributed by atoms with Crippen LogP contribution < -0.4 is 14.2 Å². The van der Waals surface area contributed by atoms with Crippen molar-refractivity contribution in [2.24, 2.45) is 0 Å². The second kappa shape index (κ2) is 15.6. The van der Waals surface area contributed by atoms with Gasteiger partial charge in [0.2, 0.25) is 0 Å². The van der Waals surface area contributed by atoms with E-state index in [-0.39, 0.29) is 35.8 Å². The van der Waals surface area contributed by atoms with Gasteiger partial charge >= 0.3 is 11.9 Å². The van der Waals surface area contributed by atoms with Crippen molar-refractivity contribution < 1.29 is 43.1 Å². The van der Waals surface area contributed by atoms with Crippen molar-refractivity contribution in [1.29, 1.82) is 0 Å². The van der Waals surface area contributed by atoms with Gasteiger partial charge in [0.25, 0.3) is 0 Å². The normalized spacial score (nSPS) is 13.8. The maximum atomic E-state index is 13.7. The van der Waals surface area contributed by atoms with Gasteiger partial charge in [0.1, 0.15) is 40.7 Å². The third kappa shape index (κ3) is 8.09. The molecule has 9 nitrogen and oxygen atoms in total. The monoisotopic (exact) mass is 606 g/mol. The largest absolute Gasteiger partial charge is 0.507 e. The molecule has 0 amide bonds. The van der Waals surface area contributed by atoms with E-state index in [2.05, 4.69) is 6.92 Å². The van der Waals surface area contributed by atoms with Crippen LogP contribution in [0.3, 0.4) is 0 Å². The summed E-state index contributed by atoms with van der Waals surface area (Å²) in [6, 6.07) is 15.6. The number of unbranched alkanes of at least 4 members (excludes halogenated alkanes) is 2. The number of carbonyl (C=O) groups is 2. The summed E-state index contributed by atoms with van der Waals surface area (Å²) in [7, 11) is 2.94. The van der Waals surface area contributed by atoms with Crippen LogP contribution in [-0.4, -0.2) is 50.3 Å². The molecular formula is C35H42O9. The van der Waals surface area contributed by atoms with Crippen molar-refractivity contribution in [1.82, 2.24) is 0 Å². The Morgan fingerprint density at radius 1 is 0.841 bits per heavy atom. The van der Waals surface area contributed by atoms with Gasteiger partial charge in [-0.2, -0.15) is 0 Å². The van der Waals surface area contributed by atoms with Crippen LogP contribution >= 0.6 is 0 Å². The number of hydrogen-bond acceptors (Lipinski definition) is 9. The summed E-state index contributed by atoms with van der Waals surface area (Å²) in [5.74, 6) is -1.71. The lowest BCUT2D eigenvalue weighted by Gasteiger charge is -2.28. The van der Waals surface area contributed by atoms with E-state index in [4.69, 9.17) is 28.4 Å². The Bertz CT molecular complexity index is 1410. The second-order valence-electron chi connectivity index (χ2n) is 10.8. The molecule has 0 aliphatic carbocycles. The maximum Gasteiger partial charge on any atom is 0.347 e. The first-order valence-electron chi connectivity index (χ1n) is 15.1. The van der Waals surface area contributed by atoms with Crippen molar-refractivity contribution >= 4 is 11.9 Å². The Labute approximate surface area is 259 Å². The van der Waals surface area contributed by atoms with Gasteiger partial charge in [-0.1, -0.05) is 63.4 Å². The SMILES string of the molecule is CCCCCc1cc(OC(=O)c2c(O)cc(OC)cc2CC2(CCC)OCCO2)cc(OC)c1C(=O)OCc1ccccc1. The van der Waals surface area contributed by atoms with Gasteiger partial charge in [-0.05, 0) is 41.7 Å². The van der Waals surface area contributed by atoms with Gasteiger partial charge in [0.05, 0.1) is 27.4 Å². The standard InChI is InChI=1S/C35H42O9/c1-5-7-9-14-25-18-28(21-30(40-4)32(25)33(37)41-23-24-12-10-8-11-13-24)44-34(38)31-26(19-27(39-3)20-29(31)36)22-35(15-6-2)42-16-17-43-35/h8,10-13,18-21,36H,5-7,9,14-17,22-23H2,1-4H3. The summed E-state index contributed by atoms with van der Waals surface area (Å²) in [6.45, 7) is 5.12. The number of hydrogen-bond donors (Lipinski definition) is 1. The molecule has 0 saturated carbocycles. The predicted molar refractivity (Wildman–Crippen MR) is 165 cm³/mol. The van der Waals surface area contributed by atoms with E-state index in [0.29, 0.717) is 48.5 Å². The molecule has 1 aliphatic heterocycles.